The molecule has 0 aromatic heterocycles. The van der Waals surface area contributed by atoms with E-state index in [1.54, 1.807) is 31.4 Å². The molecule has 0 heterocycles. The number of hydrogen-bond donors (Lipinski definition) is 2. The summed E-state index contributed by atoms with van der Waals surface area (Å²) in [4.78, 5) is 25.6. The molecule has 0 saturated carbocycles. The van der Waals surface area contributed by atoms with Crippen molar-refractivity contribution in [3.8, 4) is 5.75 Å². The molecule has 2 N–H and O–H groups in total. The van der Waals surface area contributed by atoms with Crippen LogP contribution in [-0.4, -0.2) is 18.9 Å². The zero-order chi connectivity index (χ0) is 21.5. The van der Waals surface area contributed by atoms with Gasteiger partial charge in [0.2, 0.25) is 5.91 Å². The van der Waals surface area contributed by atoms with Crippen molar-refractivity contribution in [2.24, 2.45) is 0 Å². The normalized spacial score (nSPS) is 11.4. The molecule has 0 aliphatic carbocycles. The first-order valence-corrected chi connectivity index (χ1v) is 9.94. The Labute approximate surface area is 177 Å². The second kappa shape index (κ2) is 9.74. The van der Waals surface area contributed by atoms with Gasteiger partial charge in [0.05, 0.1) is 18.7 Å². The lowest BCUT2D eigenvalue weighted by Gasteiger charge is -2.17. The molecule has 30 heavy (non-hydrogen) atoms. The van der Waals surface area contributed by atoms with E-state index in [2.05, 4.69) is 10.6 Å². The summed E-state index contributed by atoms with van der Waals surface area (Å²) >= 11 is 0. The summed E-state index contributed by atoms with van der Waals surface area (Å²) in [5, 5.41) is 5.85. The molecule has 0 bridgehead atoms. The molecular formula is C25H26N2O3. The first-order valence-electron chi connectivity index (χ1n) is 9.94. The third kappa shape index (κ3) is 4.87. The van der Waals surface area contributed by atoms with Crippen molar-refractivity contribution in [2.75, 3.05) is 17.7 Å². The number of hydrogen-bond acceptors (Lipinski definition) is 3. The third-order valence-electron chi connectivity index (χ3n) is 5.03. The minimum absolute atomic E-state index is 0.0925. The average molecular weight is 402 g/mol. The highest BCUT2D eigenvalue weighted by atomic mass is 16.5. The van der Waals surface area contributed by atoms with Crippen molar-refractivity contribution in [3.63, 3.8) is 0 Å². The second-order valence-corrected chi connectivity index (χ2v) is 7.04. The largest absolute Gasteiger partial charge is 0.495 e. The van der Waals surface area contributed by atoms with Gasteiger partial charge in [-0.15, -0.1) is 0 Å². The van der Waals surface area contributed by atoms with Crippen molar-refractivity contribution >= 4 is 23.2 Å². The van der Waals surface area contributed by atoms with Gasteiger partial charge in [-0.05, 0) is 48.7 Å². The van der Waals surface area contributed by atoms with E-state index in [0.717, 1.165) is 11.1 Å². The minimum Gasteiger partial charge on any atom is -0.495 e. The molecule has 0 aliphatic rings. The van der Waals surface area contributed by atoms with Crippen LogP contribution in [0.2, 0.25) is 0 Å². The van der Waals surface area contributed by atoms with Crippen LogP contribution in [0.3, 0.4) is 0 Å². The zero-order valence-corrected chi connectivity index (χ0v) is 17.4. The fourth-order valence-electron chi connectivity index (χ4n) is 3.39. The SMILES string of the molecule is CC[C@H](C(=O)Nc1ccc(OC)c(NC(=O)c2ccccc2C)c1)c1ccccc1. The van der Waals surface area contributed by atoms with E-state index in [4.69, 9.17) is 4.74 Å². The van der Waals surface area contributed by atoms with Gasteiger partial charge in [0.1, 0.15) is 5.75 Å². The lowest BCUT2D eigenvalue weighted by molar-refractivity contribution is -0.117. The third-order valence-corrected chi connectivity index (χ3v) is 5.03. The van der Waals surface area contributed by atoms with Gasteiger partial charge >= 0.3 is 0 Å². The molecule has 0 unspecified atom stereocenters. The van der Waals surface area contributed by atoms with Crippen LogP contribution in [-0.2, 0) is 4.79 Å². The number of aryl methyl sites for hydroxylation is 1. The van der Waals surface area contributed by atoms with Crippen LogP contribution >= 0.6 is 0 Å². The van der Waals surface area contributed by atoms with Crippen LogP contribution < -0.4 is 15.4 Å². The van der Waals surface area contributed by atoms with Crippen LogP contribution in [0.25, 0.3) is 0 Å². The molecule has 0 radical (unpaired) electrons. The molecule has 0 fully saturated rings. The van der Waals surface area contributed by atoms with Crippen LogP contribution in [0.15, 0.2) is 72.8 Å². The van der Waals surface area contributed by atoms with E-state index in [9.17, 15) is 9.59 Å². The summed E-state index contributed by atoms with van der Waals surface area (Å²) in [6, 6.07) is 22.3. The zero-order valence-electron chi connectivity index (χ0n) is 17.4. The summed E-state index contributed by atoms with van der Waals surface area (Å²) < 4.78 is 5.38. The first-order chi connectivity index (χ1) is 14.5. The van der Waals surface area contributed by atoms with Crippen LogP contribution in [0.1, 0.15) is 40.7 Å². The van der Waals surface area contributed by atoms with Crippen molar-refractivity contribution in [1.29, 1.82) is 0 Å². The van der Waals surface area contributed by atoms with E-state index in [1.807, 2.05) is 62.4 Å². The number of carbonyl (C=O) groups is 2. The summed E-state index contributed by atoms with van der Waals surface area (Å²) in [5.74, 6) is -0.0565. The molecule has 154 valence electrons. The van der Waals surface area contributed by atoms with Gasteiger partial charge in [-0.1, -0.05) is 55.5 Å². The predicted octanol–water partition coefficient (Wildman–Crippen LogP) is 5.39. The predicted molar refractivity (Wildman–Crippen MR) is 120 cm³/mol. The quantitative estimate of drug-likeness (QED) is 0.557. The Balaban J connectivity index is 1.81. The van der Waals surface area contributed by atoms with E-state index >= 15 is 0 Å². The molecule has 1 atom stereocenters. The van der Waals surface area contributed by atoms with Crippen molar-refractivity contribution < 1.29 is 14.3 Å². The highest BCUT2D eigenvalue weighted by Crippen LogP contribution is 2.30. The Morgan fingerprint density at radius 3 is 2.30 bits per heavy atom. The van der Waals surface area contributed by atoms with E-state index in [0.29, 0.717) is 29.1 Å². The number of rotatable bonds is 7. The van der Waals surface area contributed by atoms with Crippen molar-refractivity contribution in [2.45, 2.75) is 26.2 Å². The van der Waals surface area contributed by atoms with Crippen molar-refractivity contribution in [1.82, 2.24) is 0 Å². The molecule has 3 aromatic carbocycles. The van der Waals surface area contributed by atoms with E-state index < -0.39 is 0 Å². The standard InChI is InChI=1S/C25H26N2O3/c1-4-20(18-11-6-5-7-12-18)24(28)26-19-14-15-23(30-3)22(16-19)27-25(29)21-13-9-8-10-17(21)2/h5-16,20H,4H2,1-3H3,(H,26,28)(H,27,29)/t20-/m0/s1. The molecule has 2 amide bonds. The Kier molecular flexibility index (Phi) is 6.86. The maximum atomic E-state index is 12.9. The molecule has 3 rings (SSSR count). The van der Waals surface area contributed by atoms with Gasteiger partial charge in [-0.2, -0.15) is 0 Å². The Hall–Kier alpha value is -3.60. The van der Waals surface area contributed by atoms with Gasteiger partial charge in [0, 0.05) is 11.3 Å². The maximum Gasteiger partial charge on any atom is 0.256 e. The molecule has 0 aliphatic heterocycles. The topological polar surface area (TPSA) is 67.4 Å². The molecule has 0 spiro atoms. The number of methoxy groups -OCH3 is 1. The average Bonchev–Trinajstić information content (AvgIpc) is 2.75. The Morgan fingerprint density at radius 2 is 1.63 bits per heavy atom. The first kappa shape index (κ1) is 21.1. The Morgan fingerprint density at radius 1 is 0.933 bits per heavy atom. The van der Waals surface area contributed by atoms with Gasteiger partial charge in [-0.3, -0.25) is 9.59 Å². The van der Waals surface area contributed by atoms with Crippen LogP contribution in [0, 0.1) is 6.92 Å². The Bertz CT molecular complexity index is 1030. The lowest BCUT2D eigenvalue weighted by Crippen LogP contribution is -2.21. The number of nitrogens with one attached hydrogen (secondary N) is 2. The molecule has 5 heteroatoms. The highest BCUT2D eigenvalue weighted by Gasteiger charge is 2.19. The van der Waals surface area contributed by atoms with Gasteiger partial charge < -0.3 is 15.4 Å². The highest BCUT2D eigenvalue weighted by molar-refractivity contribution is 6.06. The number of ether oxygens (including phenoxy) is 1. The fourth-order valence-corrected chi connectivity index (χ4v) is 3.39. The summed E-state index contributed by atoms with van der Waals surface area (Å²) in [7, 11) is 1.54. The molecule has 0 saturated heterocycles. The minimum atomic E-state index is -0.252. The second-order valence-electron chi connectivity index (χ2n) is 7.04. The smallest absolute Gasteiger partial charge is 0.256 e. The van der Waals surface area contributed by atoms with Crippen molar-refractivity contribution in [3.05, 3.63) is 89.5 Å². The lowest BCUT2D eigenvalue weighted by atomic mass is 9.95. The molecular weight excluding hydrogens is 376 g/mol. The number of amides is 2. The van der Waals surface area contributed by atoms with Crippen LogP contribution in [0.4, 0.5) is 11.4 Å². The summed E-state index contributed by atoms with van der Waals surface area (Å²) in [5.41, 5.74) is 3.53. The van der Waals surface area contributed by atoms with Crippen LogP contribution in [0.5, 0.6) is 5.75 Å². The van der Waals surface area contributed by atoms with E-state index in [1.165, 1.54) is 0 Å². The number of carbonyl (C=O) groups excluding carboxylic acids is 2. The van der Waals surface area contributed by atoms with Gasteiger partial charge in [-0.25, -0.2) is 0 Å². The fraction of sp³-hybridized carbons (Fsp3) is 0.200. The van der Waals surface area contributed by atoms with Gasteiger partial charge in [0.15, 0.2) is 0 Å². The maximum absolute atomic E-state index is 12.9. The summed E-state index contributed by atoms with van der Waals surface area (Å²) in [6.45, 7) is 3.87. The molecule has 5 nitrogen and oxygen atoms in total. The van der Waals surface area contributed by atoms with Gasteiger partial charge in [0.25, 0.3) is 5.91 Å². The van der Waals surface area contributed by atoms with E-state index in [-0.39, 0.29) is 17.7 Å². The monoisotopic (exact) mass is 402 g/mol. The number of benzene rings is 3. The molecule has 3 aromatic rings. The number of anilines is 2. The summed E-state index contributed by atoms with van der Waals surface area (Å²) in [6.07, 6.45) is 0.683.